The van der Waals surface area contributed by atoms with Gasteiger partial charge in [0.1, 0.15) is 0 Å². The van der Waals surface area contributed by atoms with Crippen molar-refractivity contribution < 1.29 is 5.11 Å². The van der Waals surface area contributed by atoms with E-state index in [0.717, 1.165) is 17.9 Å². The Morgan fingerprint density at radius 2 is 1.72 bits per heavy atom. The van der Waals surface area contributed by atoms with E-state index in [4.69, 9.17) is 11.6 Å². The fourth-order valence-corrected chi connectivity index (χ4v) is 2.29. The van der Waals surface area contributed by atoms with Gasteiger partial charge in [-0.25, -0.2) is 0 Å². The molecule has 3 heteroatoms. The van der Waals surface area contributed by atoms with E-state index >= 15 is 0 Å². The molecule has 0 spiro atoms. The van der Waals surface area contributed by atoms with E-state index < -0.39 is 0 Å². The van der Waals surface area contributed by atoms with Crippen molar-refractivity contribution in [3.8, 4) is 0 Å². The highest BCUT2D eigenvalue weighted by atomic mass is 35.5. The van der Waals surface area contributed by atoms with Crippen LogP contribution in [0.2, 0.25) is 5.02 Å². The molecule has 2 atom stereocenters. The smallest absolute Gasteiger partial charge is 0.0692 e. The van der Waals surface area contributed by atoms with Crippen molar-refractivity contribution in [3.63, 3.8) is 0 Å². The van der Waals surface area contributed by atoms with Gasteiger partial charge in [-0.1, -0.05) is 50.4 Å². The van der Waals surface area contributed by atoms with Gasteiger partial charge in [0.15, 0.2) is 0 Å². The first-order chi connectivity index (χ1) is 8.58. The van der Waals surface area contributed by atoms with Crippen molar-refractivity contribution in [2.24, 2.45) is 5.92 Å². The molecule has 1 aromatic carbocycles. The summed E-state index contributed by atoms with van der Waals surface area (Å²) in [6.45, 7) is 6.99. The van der Waals surface area contributed by atoms with Crippen LogP contribution in [0.3, 0.4) is 0 Å². The zero-order valence-corrected chi connectivity index (χ0v) is 12.2. The lowest BCUT2D eigenvalue weighted by Crippen LogP contribution is -2.33. The molecule has 0 aliphatic heterocycles. The van der Waals surface area contributed by atoms with Gasteiger partial charge < -0.3 is 10.4 Å². The normalized spacial score (nSPS) is 14.8. The lowest BCUT2D eigenvalue weighted by molar-refractivity contribution is 0.0989. The van der Waals surface area contributed by atoms with Gasteiger partial charge in [0.05, 0.1) is 6.10 Å². The van der Waals surface area contributed by atoms with Gasteiger partial charge in [-0.05, 0) is 30.5 Å². The van der Waals surface area contributed by atoms with Crippen LogP contribution in [-0.2, 0) is 0 Å². The fraction of sp³-hybridized carbons (Fsp3) is 0.600. The van der Waals surface area contributed by atoms with Gasteiger partial charge in [0.2, 0.25) is 0 Å². The molecule has 0 aliphatic carbocycles. The van der Waals surface area contributed by atoms with Crippen LogP contribution in [0.1, 0.15) is 45.2 Å². The second-order valence-corrected chi connectivity index (χ2v) is 5.26. The number of aliphatic hydroxyl groups excluding tert-OH is 1. The molecule has 2 nitrogen and oxygen atoms in total. The van der Waals surface area contributed by atoms with E-state index in [2.05, 4.69) is 26.1 Å². The highest BCUT2D eigenvalue weighted by Crippen LogP contribution is 2.17. The Balaban J connectivity index is 2.45. The molecule has 0 heterocycles. The second kappa shape index (κ2) is 7.78. The Kier molecular flexibility index (Phi) is 6.69. The van der Waals surface area contributed by atoms with E-state index in [1.54, 1.807) is 0 Å². The first-order valence-electron chi connectivity index (χ1n) is 6.75. The van der Waals surface area contributed by atoms with Crippen molar-refractivity contribution in [2.45, 2.75) is 45.8 Å². The number of nitrogens with one attached hydrogen (secondary N) is 1. The molecule has 0 bridgehead atoms. The topological polar surface area (TPSA) is 32.3 Å². The van der Waals surface area contributed by atoms with E-state index in [1.807, 2.05) is 24.3 Å². The number of aliphatic hydroxyl groups is 1. The molecule has 0 radical (unpaired) electrons. The molecule has 0 amide bonds. The predicted molar refractivity (Wildman–Crippen MR) is 77.9 cm³/mol. The zero-order valence-electron chi connectivity index (χ0n) is 11.5. The average molecular weight is 270 g/mol. The summed E-state index contributed by atoms with van der Waals surface area (Å²) in [6.07, 6.45) is 1.78. The van der Waals surface area contributed by atoms with Crippen LogP contribution in [0.4, 0.5) is 0 Å². The van der Waals surface area contributed by atoms with Crippen LogP contribution in [0.5, 0.6) is 0 Å². The summed E-state index contributed by atoms with van der Waals surface area (Å²) in [7, 11) is 0. The van der Waals surface area contributed by atoms with Crippen LogP contribution in [0, 0.1) is 5.92 Å². The SMILES string of the molecule is CCC(CC)C(O)CNC(C)c1ccc(Cl)cc1. The van der Waals surface area contributed by atoms with Gasteiger partial charge in [-0.3, -0.25) is 0 Å². The van der Waals surface area contributed by atoms with Gasteiger partial charge in [-0.2, -0.15) is 0 Å². The Hall–Kier alpha value is -0.570. The number of hydrogen-bond donors (Lipinski definition) is 2. The van der Waals surface area contributed by atoms with Crippen LogP contribution in [0.25, 0.3) is 0 Å². The number of hydrogen-bond acceptors (Lipinski definition) is 2. The molecular formula is C15H24ClNO. The largest absolute Gasteiger partial charge is 0.392 e. The average Bonchev–Trinajstić information content (AvgIpc) is 2.38. The van der Waals surface area contributed by atoms with Crippen LogP contribution < -0.4 is 5.32 Å². The fourth-order valence-electron chi connectivity index (χ4n) is 2.17. The van der Waals surface area contributed by atoms with Crippen molar-refractivity contribution in [1.82, 2.24) is 5.32 Å². The molecular weight excluding hydrogens is 246 g/mol. The summed E-state index contributed by atoms with van der Waals surface area (Å²) in [6, 6.07) is 8.05. The third kappa shape index (κ3) is 4.60. The lowest BCUT2D eigenvalue weighted by Gasteiger charge is -2.23. The Morgan fingerprint density at radius 1 is 1.17 bits per heavy atom. The maximum Gasteiger partial charge on any atom is 0.0692 e. The van der Waals surface area contributed by atoms with Gasteiger partial charge in [0.25, 0.3) is 0 Å². The first kappa shape index (κ1) is 15.5. The van der Waals surface area contributed by atoms with E-state index in [1.165, 1.54) is 5.56 Å². The summed E-state index contributed by atoms with van der Waals surface area (Å²) in [5, 5.41) is 14.2. The maximum atomic E-state index is 10.1. The number of rotatable bonds is 7. The highest BCUT2D eigenvalue weighted by Gasteiger charge is 2.16. The molecule has 18 heavy (non-hydrogen) atoms. The predicted octanol–water partition coefficient (Wildman–Crippen LogP) is 3.79. The van der Waals surface area contributed by atoms with Gasteiger partial charge in [-0.15, -0.1) is 0 Å². The minimum absolute atomic E-state index is 0.228. The Bertz CT molecular complexity index is 335. The molecule has 1 aromatic rings. The Morgan fingerprint density at radius 3 is 2.22 bits per heavy atom. The van der Waals surface area contributed by atoms with Crippen molar-refractivity contribution in [1.29, 1.82) is 0 Å². The molecule has 102 valence electrons. The second-order valence-electron chi connectivity index (χ2n) is 4.83. The van der Waals surface area contributed by atoms with Crippen LogP contribution in [-0.4, -0.2) is 17.8 Å². The molecule has 2 unspecified atom stereocenters. The summed E-state index contributed by atoms with van der Waals surface area (Å²) < 4.78 is 0. The van der Waals surface area contributed by atoms with Crippen molar-refractivity contribution in [2.75, 3.05) is 6.54 Å². The third-order valence-corrected chi connectivity index (χ3v) is 3.85. The summed E-state index contributed by atoms with van der Waals surface area (Å²) in [5.74, 6) is 0.384. The molecule has 0 fully saturated rings. The first-order valence-corrected chi connectivity index (χ1v) is 7.13. The van der Waals surface area contributed by atoms with Crippen molar-refractivity contribution in [3.05, 3.63) is 34.9 Å². The standard InChI is InChI=1S/C15H24ClNO/c1-4-12(5-2)15(18)10-17-11(3)13-6-8-14(16)9-7-13/h6-9,11-12,15,17-18H,4-5,10H2,1-3H3. The molecule has 2 N–H and O–H groups in total. The minimum atomic E-state index is -0.269. The molecule has 0 saturated heterocycles. The van der Waals surface area contributed by atoms with Crippen LogP contribution >= 0.6 is 11.6 Å². The van der Waals surface area contributed by atoms with Gasteiger partial charge >= 0.3 is 0 Å². The van der Waals surface area contributed by atoms with Crippen LogP contribution in [0.15, 0.2) is 24.3 Å². The lowest BCUT2D eigenvalue weighted by atomic mass is 9.96. The van der Waals surface area contributed by atoms with Crippen molar-refractivity contribution >= 4 is 11.6 Å². The molecule has 0 aromatic heterocycles. The van der Waals surface area contributed by atoms with E-state index in [0.29, 0.717) is 12.5 Å². The third-order valence-electron chi connectivity index (χ3n) is 3.60. The highest BCUT2D eigenvalue weighted by molar-refractivity contribution is 6.30. The molecule has 0 saturated carbocycles. The quantitative estimate of drug-likeness (QED) is 0.789. The molecule has 0 aliphatic rings. The summed E-state index contributed by atoms with van der Waals surface area (Å²) in [5.41, 5.74) is 1.19. The van der Waals surface area contributed by atoms with E-state index in [-0.39, 0.29) is 12.1 Å². The zero-order chi connectivity index (χ0) is 13.5. The molecule has 1 rings (SSSR count). The summed E-state index contributed by atoms with van der Waals surface area (Å²) in [4.78, 5) is 0. The van der Waals surface area contributed by atoms with E-state index in [9.17, 15) is 5.11 Å². The number of halogens is 1. The summed E-state index contributed by atoms with van der Waals surface area (Å²) >= 11 is 5.86. The van der Waals surface area contributed by atoms with Gasteiger partial charge in [0, 0.05) is 17.6 Å². The monoisotopic (exact) mass is 269 g/mol. The number of benzene rings is 1. The maximum absolute atomic E-state index is 10.1. The minimum Gasteiger partial charge on any atom is -0.392 e. The Labute approximate surface area is 115 Å².